The van der Waals surface area contributed by atoms with E-state index < -0.39 is 10.0 Å². The van der Waals surface area contributed by atoms with Gasteiger partial charge in [-0.2, -0.15) is 0 Å². The average Bonchev–Trinajstić information content (AvgIpc) is 3.01. The van der Waals surface area contributed by atoms with Crippen LogP contribution in [-0.4, -0.2) is 31.3 Å². The van der Waals surface area contributed by atoms with Gasteiger partial charge in [-0.15, -0.1) is 0 Å². The van der Waals surface area contributed by atoms with E-state index in [1.807, 2.05) is 37.3 Å². The topological polar surface area (TPSA) is 63.7 Å². The lowest BCUT2D eigenvalue weighted by molar-refractivity contribution is -0.124. The molecule has 2 aromatic rings. The smallest absolute Gasteiger partial charge is 0.266 e. The minimum absolute atomic E-state index is 0.161. The molecule has 0 radical (unpaired) electrons. The van der Waals surface area contributed by atoms with Crippen LogP contribution in [0.15, 0.2) is 59.5 Å². The summed E-state index contributed by atoms with van der Waals surface area (Å²) >= 11 is 0. The van der Waals surface area contributed by atoms with Gasteiger partial charge in [-0.05, 0) is 37.5 Å². The maximum absolute atomic E-state index is 12.9. The molecule has 6 heteroatoms. The molecular formula is C20H23NO4S. The van der Waals surface area contributed by atoms with Gasteiger partial charge in [-0.1, -0.05) is 48.0 Å². The minimum atomic E-state index is -3.81. The number of amides is 1. The SMILES string of the molecule is Cc1ccc(S(=O)(=O)N2C(=O)CC[C@H]2CCOCc2ccccc2)cc1. The normalized spacial score (nSPS) is 17.7. The second kappa shape index (κ2) is 8.01. The van der Waals surface area contributed by atoms with Gasteiger partial charge in [0.25, 0.3) is 10.0 Å². The number of hydrogen-bond donors (Lipinski definition) is 0. The van der Waals surface area contributed by atoms with Crippen LogP contribution in [0.5, 0.6) is 0 Å². The third-order valence-electron chi connectivity index (χ3n) is 4.55. The van der Waals surface area contributed by atoms with Crippen molar-refractivity contribution >= 4 is 15.9 Å². The molecule has 0 spiro atoms. The summed E-state index contributed by atoms with van der Waals surface area (Å²) in [5, 5.41) is 0. The first-order chi connectivity index (χ1) is 12.5. The van der Waals surface area contributed by atoms with E-state index in [4.69, 9.17) is 4.74 Å². The van der Waals surface area contributed by atoms with Crippen LogP contribution in [0.4, 0.5) is 0 Å². The second-order valence-electron chi connectivity index (χ2n) is 6.53. The van der Waals surface area contributed by atoms with Crippen LogP contribution in [0.3, 0.4) is 0 Å². The molecule has 0 aliphatic carbocycles. The first-order valence-corrected chi connectivity index (χ1v) is 10.2. The Bertz CT molecular complexity index is 847. The molecule has 3 rings (SSSR count). The third kappa shape index (κ3) is 4.14. The number of rotatable bonds is 7. The average molecular weight is 373 g/mol. The van der Waals surface area contributed by atoms with Crippen LogP contribution in [0, 0.1) is 6.92 Å². The number of hydrogen-bond acceptors (Lipinski definition) is 4. The van der Waals surface area contributed by atoms with Gasteiger partial charge < -0.3 is 4.74 Å². The highest BCUT2D eigenvalue weighted by atomic mass is 32.2. The van der Waals surface area contributed by atoms with E-state index >= 15 is 0 Å². The van der Waals surface area contributed by atoms with Gasteiger partial charge in [-0.3, -0.25) is 4.79 Å². The number of carbonyl (C=O) groups excluding carboxylic acids is 1. The summed E-state index contributed by atoms with van der Waals surface area (Å²) in [6.45, 7) is 2.78. The maximum atomic E-state index is 12.9. The van der Waals surface area contributed by atoms with Crippen LogP contribution in [0.1, 0.15) is 30.4 Å². The standard InChI is InChI=1S/C20H23NO4S/c1-16-7-10-19(11-8-16)26(23,24)21-18(9-12-20(21)22)13-14-25-15-17-5-3-2-4-6-17/h2-8,10-11,18H,9,12-15H2,1H3/t18-/m0/s1. The fourth-order valence-electron chi connectivity index (χ4n) is 3.12. The summed E-state index contributed by atoms with van der Waals surface area (Å²) in [7, 11) is -3.81. The second-order valence-corrected chi connectivity index (χ2v) is 8.34. The largest absolute Gasteiger partial charge is 0.377 e. The Kier molecular flexibility index (Phi) is 5.74. The molecule has 1 heterocycles. The fraction of sp³-hybridized carbons (Fsp3) is 0.350. The highest BCUT2D eigenvalue weighted by Gasteiger charge is 2.40. The van der Waals surface area contributed by atoms with Crippen molar-refractivity contribution in [3.05, 3.63) is 65.7 Å². The summed E-state index contributed by atoms with van der Waals surface area (Å²) in [6.07, 6.45) is 1.30. The lowest BCUT2D eigenvalue weighted by atomic mass is 10.2. The molecule has 0 N–H and O–H groups in total. The van der Waals surface area contributed by atoms with Crippen molar-refractivity contribution in [1.29, 1.82) is 0 Å². The maximum Gasteiger partial charge on any atom is 0.266 e. The number of aryl methyl sites for hydroxylation is 1. The van der Waals surface area contributed by atoms with E-state index in [0.29, 0.717) is 26.1 Å². The number of benzene rings is 2. The highest BCUT2D eigenvalue weighted by molar-refractivity contribution is 7.89. The Morgan fingerprint density at radius 2 is 1.77 bits per heavy atom. The van der Waals surface area contributed by atoms with Crippen molar-refractivity contribution in [1.82, 2.24) is 4.31 Å². The fourth-order valence-corrected chi connectivity index (χ4v) is 4.79. The Labute approximate surface area is 154 Å². The Morgan fingerprint density at radius 1 is 1.08 bits per heavy atom. The monoisotopic (exact) mass is 373 g/mol. The quantitative estimate of drug-likeness (QED) is 0.699. The van der Waals surface area contributed by atoms with E-state index in [2.05, 4.69) is 0 Å². The minimum Gasteiger partial charge on any atom is -0.377 e. The molecule has 1 aliphatic rings. The summed E-state index contributed by atoms with van der Waals surface area (Å²) < 4.78 is 32.5. The molecule has 0 unspecified atom stereocenters. The van der Waals surface area contributed by atoms with Crippen molar-refractivity contribution in [2.24, 2.45) is 0 Å². The van der Waals surface area contributed by atoms with Crippen molar-refractivity contribution in [2.45, 2.75) is 43.7 Å². The third-order valence-corrected chi connectivity index (χ3v) is 6.44. The van der Waals surface area contributed by atoms with E-state index in [-0.39, 0.29) is 23.3 Å². The van der Waals surface area contributed by atoms with Gasteiger partial charge in [0.2, 0.25) is 5.91 Å². The van der Waals surface area contributed by atoms with E-state index in [9.17, 15) is 13.2 Å². The molecule has 1 amide bonds. The zero-order valence-electron chi connectivity index (χ0n) is 14.8. The number of ether oxygens (including phenoxy) is 1. The van der Waals surface area contributed by atoms with E-state index in [1.54, 1.807) is 24.3 Å². The molecule has 0 aromatic heterocycles. The molecule has 0 saturated carbocycles. The first-order valence-electron chi connectivity index (χ1n) is 8.74. The molecule has 138 valence electrons. The number of carbonyl (C=O) groups is 1. The predicted octanol–water partition coefficient (Wildman–Crippen LogP) is 3.28. The van der Waals surface area contributed by atoms with Gasteiger partial charge in [0.05, 0.1) is 17.5 Å². The Balaban J connectivity index is 1.64. The molecule has 1 saturated heterocycles. The highest BCUT2D eigenvalue weighted by Crippen LogP contribution is 2.29. The molecule has 0 bridgehead atoms. The van der Waals surface area contributed by atoms with Gasteiger partial charge >= 0.3 is 0 Å². The first kappa shape index (κ1) is 18.6. The van der Waals surface area contributed by atoms with E-state index in [0.717, 1.165) is 15.4 Å². The lowest BCUT2D eigenvalue weighted by Gasteiger charge is -2.24. The van der Waals surface area contributed by atoms with Crippen LogP contribution >= 0.6 is 0 Å². The number of sulfonamides is 1. The summed E-state index contributed by atoms with van der Waals surface area (Å²) in [6, 6.07) is 16.1. The van der Waals surface area contributed by atoms with Crippen molar-refractivity contribution < 1.29 is 17.9 Å². The molecule has 26 heavy (non-hydrogen) atoms. The Hall–Kier alpha value is -2.18. The van der Waals surface area contributed by atoms with Crippen molar-refractivity contribution in [3.63, 3.8) is 0 Å². The molecule has 1 atom stereocenters. The molecule has 5 nitrogen and oxygen atoms in total. The van der Waals surface area contributed by atoms with Crippen LogP contribution in [0.25, 0.3) is 0 Å². The van der Waals surface area contributed by atoms with Crippen molar-refractivity contribution in [3.8, 4) is 0 Å². The molecule has 1 aliphatic heterocycles. The van der Waals surface area contributed by atoms with E-state index in [1.165, 1.54) is 0 Å². The number of nitrogens with zero attached hydrogens (tertiary/aromatic N) is 1. The van der Waals surface area contributed by atoms with Crippen LogP contribution in [-0.2, 0) is 26.2 Å². The lowest BCUT2D eigenvalue weighted by Crippen LogP contribution is -2.39. The molecule has 1 fully saturated rings. The van der Waals surface area contributed by atoms with Gasteiger partial charge in [0, 0.05) is 13.0 Å². The van der Waals surface area contributed by atoms with Crippen LogP contribution < -0.4 is 0 Å². The van der Waals surface area contributed by atoms with Crippen molar-refractivity contribution in [2.75, 3.05) is 6.61 Å². The molecular weight excluding hydrogens is 350 g/mol. The molecule has 2 aromatic carbocycles. The summed E-state index contributed by atoms with van der Waals surface area (Å²) in [4.78, 5) is 12.4. The predicted molar refractivity (Wildman–Crippen MR) is 98.9 cm³/mol. The summed E-state index contributed by atoms with van der Waals surface area (Å²) in [5.41, 5.74) is 2.04. The van der Waals surface area contributed by atoms with Gasteiger partial charge in [0.1, 0.15) is 0 Å². The van der Waals surface area contributed by atoms with Gasteiger partial charge in [0.15, 0.2) is 0 Å². The van der Waals surface area contributed by atoms with Gasteiger partial charge in [-0.25, -0.2) is 12.7 Å². The zero-order chi connectivity index (χ0) is 18.6. The van der Waals surface area contributed by atoms with Crippen LogP contribution in [0.2, 0.25) is 0 Å². The zero-order valence-corrected chi connectivity index (χ0v) is 15.6. The summed E-state index contributed by atoms with van der Waals surface area (Å²) in [5.74, 6) is -0.335. The Morgan fingerprint density at radius 3 is 2.46 bits per heavy atom.